The zero-order valence-corrected chi connectivity index (χ0v) is 13.7. The highest BCUT2D eigenvalue weighted by Gasteiger charge is 2.34. The van der Waals surface area contributed by atoms with E-state index in [1.54, 1.807) is 18.2 Å². The molecule has 0 amide bonds. The lowest BCUT2D eigenvalue weighted by atomic mass is 9.96. The summed E-state index contributed by atoms with van der Waals surface area (Å²) in [6.45, 7) is 0. The molecule has 4 rings (SSSR count). The molecule has 2 heterocycles. The zero-order chi connectivity index (χ0) is 17.7. The molecule has 1 N–H and O–H groups in total. The minimum atomic E-state index is -0.668. The molecule has 0 spiro atoms. The largest absolute Gasteiger partial charge is 0.502 e. The molecule has 1 aliphatic rings. The SMILES string of the molecule is COc1c(O)c2c3c(c(OC)c(=O)oc3c1OC)-c1ccccc1O2. The Hall–Kier alpha value is -3.35. The molecule has 0 fully saturated rings. The van der Waals surface area contributed by atoms with E-state index in [2.05, 4.69) is 0 Å². The molecule has 0 radical (unpaired) electrons. The minimum absolute atomic E-state index is 0.0173. The first-order valence-corrected chi connectivity index (χ1v) is 7.41. The fraction of sp³-hybridized carbons (Fsp3) is 0.167. The number of phenolic OH excluding ortho intramolecular Hbond substituents is 1. The molecule has 7 heteroatoms. The van der Waals surface area contributed by atoms with E-state index in [1.807, 2.05) is 6.07 Å². The lowest BCUT2D eigenvalue weighted by Crippen LogP contribution is -2.10. The Kier molecular flexibility index (Phi) is 3.24. The summed E-state index contributed by atoms with van der Waals surface area (Å²) in [5.41, 5.74) is 0.569. The van der Waals surface area contributed by atoms with Gasteiger partial charge in [0.25, 0.3) is 0 Å². The Morgan fingerprint density at radius 1 is 0.960 bits per heavy atom. The van der Waals surface area contributed by atoms with Crippen molar-refractivity contribution >= 4 is 11.0 Å². The van der Waals surface area contributed by atoms with Crippen LogP contribution >= 0.6 is 0 Å². The molecule has 0 unspecified atom stereocenters. The van der Waals surface area contributed by atoms with Crippen LogP contribution in [0.15, 0.2) is 33.5 Å². The Balaban J connectivity index is 2.31. The number of rotatable bonds is 3. The van der Waals surface area contributed by atoms with Gasteiger partial charge in [-0.05, 0) is 6.07 Å². The Labute approximate surface area is 141 Å². The van der Waals surface area contributed by atoms with E-state index in [0.717, 1.165) is 0 Å². The fourth-order valence-corrected chi connectivity index (χ4v) is 3.12. The monoisotopic (exact) mass is 342 g/mol. The molecule has 0 saturated heterocycles. The van der Waals surface area contributed by atoms with Crippen LogP contribution in [0.4, 0.5) is 0 Å². The molecular weight excluding hydrogens is 328 g/mol. The number of benzene rings is 2. The van der Waals surface area contributed by atoms with Crippen molar-refractivity contribution in [2.24, 2.45) is 0 Å². The van der Waals surface area contributed by atoms with Gasteiger partial charge in [-0.2, -0.15) is 0 Å². The average molecular weight is 342 g/mol. The molecule has 25 heavy (non-hydrogen) atoms. The van der Waals surface area contributed by atoms with Crippen molar-refractivity contribution in [2.75, 3.05) is 21.3 Å². The van der Waals surface area contributed by atoms with E-state index in [1.165, 1.54) is 21.3 Å². The van der Waals surface area contributed by atoms with Crippen molar-refractivity contribution in [1.82, 2.24) is 0 Å². The van der Waals surface area contributed by atoms with Crippen LogP contribution in [0.5, 0.6) is 34.5 Å². The van der Waals surface area contributed by atoms with E-state index >= 15 is 0 Å². The Bertz CT molecular complexity index is 1070. The van der Waals surface area contributed by atoms with Gasteiger partial charge in [-0.3, -0.25) is 0 Å². The summed E-state index contributed by atoms with van der Waals surface area (Å²) in [7, 11) is 4.14. The molecule has 128 valence electrons. The van der Waals surface area contributed by atoms with Crippen LogP contribution in [0.25, 0.3) is 22.1 Å². The fourth-order valence-electron chi connectivity index (χ4n) is 3.12. The van der Waals surface area contributed by atoms with Gasteiger partial charge in [0.15, 0.2) is 11.3 Å². The third-order valence-electron chi connectivity index (χ3n) is 4.13. The van der Waals surface area contributed by atoms with Gasteiger partial charge in [-0.1, -0.05) is 18.2 Å². The normalized spacial score (nSPS) is 11.6. The lowest BCUT2D eigenvalue weighted by Gasteiger charge is -2.24. The number of aromatic hydroxyl groups is 1. The molecule has 1 aliphatic heterocycles. The molecule has 0 bridgehead atoms. The van der Waals surface area contributed by atoms with Crippen LogP contribution in [0.3, 0.4) is 0 Å². The number of fused-ring (bicyclic) bond motifs is 2. The van der Waals surface area contributed by atoms with Crippen LogP contribution < -0.4 is 24.6 Å². The molecule has 0 saturated carbocycles. The third kappa shape index (κ3) is 1.89. The third-order valence-corrected chi connectivity index (χ3v) is 4.13. The van der Waals surface area contributed by atoms with Crippen molar-refractivity contribution in [3.8, 4) is 45.6 Å². The van der Waals surface area contributed by atoms with Crippen molar-refractivity contribution < 1.29 is 28.5 Å². The number of phenols is 1. The molecule has 3 aromatic rings. The standard InChI is InChI=1S/C18H14O7/c1-21-15-10-8-6-4-5-7-9(8)24-13-11(10)14(25-18(15)20)17(23-3)16(22-2)12(13)19/h4-7,19H,1-3H3. The molecule has 0 aliphatic carbocycles. The summed E-state index contributed by atoms with van der Waals surface area (Å²) >= 11 is 0. The van der Waals surface area contributed by atoms with Gasteiger partial charge in [0.1, 0.15) is 5.75 Å². The van der Waals surface area contributed by atoms with Crippen LogP contribution in [-0.4, -0.2) is 26.4 Å². The number of hydrogen-bond acceptors (Lipinski definition) is 7. The van der Waals surface area contributed by atoms with Gasteiger partial charge >= 0.3 is 5.63 Å². The Morgan fingerprint density at radius 2 is 1.64 bits per heavy atom. The lowest BCUT2D eigenvalue weighted by molar-refractivity contribution is 0.320. The van der Waals surface area contributed by atoms with Crippen molar-refractivity contribution in [3.63, 3.8) is 0 Å². The topological polar surface area (TPSA) is 87.4 Å². The Morgan fingerprint density at radius 3 is 2.32 bits per heavy atom. The van der Waals surface area contributed by atoms with Gasteiger partial charge in [-0.15, -0.1) is 0 Å². The first kappa shape index (κ1) is 15.2. The second-order valence-electron chi connectivity index (χ2n) is 5.34. The highest BCUT2D eigenvalue weighted by molar-refractivity contribution is 6.08. The van der Waals surface area contributed by atoms with Crippen LogP contribution in [-0.2, 0) is 0 Å². The van der Waals surface area contributed by atoms with Gasteiger partial charge in [-0.25, -0.2) is 4.79 Å². The van der Waals surface area contributed by atoms with Crippen molar-refractivity contribution in [1.29, 1.82) is 0 Å². The van der Waals surface area contributed by atoms with E-state index < -0.39 is 5.63 Å². The van der Waals surface area contributed by atoms with Crippen LogP contribution in [0.1, 0.15) is 0 Å². The smallest absolute Gasteiger partial charge is 0.379 e. The van der Waals surface area contributed by atoms with Gasteiger partial charge in [0, 0.05) is 5.56 Å². The number of methoxy groups -OCH3 is 3. The predicted molar refractivity (Wildman–Crippen MR) is 89.3 cm³/mol. The molecule has 7 nitrogen and oxygen atoms in total. The highest BCUT2D eigenvalue weighted by Crippen LogP contribution is 2.58. The zero-order valence-electron chi connectivity index (χ0n) is 13.7. The summed E-state index contributed by atoms with van der Waals surface area (Å²) in [6, 6.07) is 7.13. The minimum Gasteiger partial charge on any atom is -0.502 e. The van der Waals surface area contributed by atoms with Gasteiger partial charge in [0.05, 0.1) is 32.3 Å². The summed E-state index contributed by atoms with van der Waals surface area (Å²) in [4.78, 5) is 12.5. The first-order valence-electron chi connectivity index (χ1n) is 7.41. The molecular formula is C18H14O7. The second-order valence-corrected chi connectivity index (χ2v) is 5.34. The summed E-state index contributed by atoms with van der Waals surface area (Å²) in [6.07, 6.45) is 0. The number of ether oxygens (including phenoxy) is 4. The van der Waals surface area contributed by atoms with E-state index in [4.69, 9.17) is 23.4 Å². The van der Waals surface area contributed by atoms with Crippen molar-refractivity contribution in [3.05, 3.63) is 34.7 Å². The predicted octanol–water partition coefficient (Wildman–Crippen LogP) is 3.30. The quantitative estimate of drug-likeness (QED) is 0.572. The molecule has 0 atom stereocenters. The maximum Gasteiger partial charge on any atom is 0.379 e. The number of para-hydroxylation sites is 1. The molecule has 2 aromatic carbocycles. The van der Waals surface area contributed by atoms with Crippen molar-refractivity contribution in [2.45, 2.75) is 0 Å². The highest BCUT2D eigenvalue weighted by atomic mass is 16.5. The molecule has 1 aromatic heterocycles. The van der Waals surface area contributed by atoms with E-state index in [-0.39, 0.29) is 34.3 Å². The second kappa shape index (κ2) is 5.34. The first-order chi connectivity index (χ1) is 12.1. The maximum absolute atomic E-state index is 12.5. The summed E-state index contributed by atoms with van der Waals surface area (Å²) < 4.78 is 27.1. The van der Waals surface area contributed by atoms with Crippen LogP contribution in [0, 0.1) is 0 Å². The summed E-state index contributed by atoms with van der Waals surface area (Å²) in [5.74, 6) is 0.479. The summed E-state index contributed by atoms with van der Waals surface area (Å²) in [5, 5.41) is 11.0. The number of hydrogen-bond donors (Lipinski definition) is 1. The van der Waals surface area contributed by atoms with E-state index in [0.29, 0.717) is 22.3 Å². The van der Waals surface area contributed by atoms with Gasteiger partial charge < -0.3 is 28.5 Å². The van der Waals surface area contributed by atoms with Gasteiger partial charge in [0.2, 0.25) is 23.0 Å². The van der Waals surface area contributed by atoms with E-state index in [9.17, 15) is 9.90 Å². The maximum atomic E-state index is 12.5. The van der Waals surface area contributed by atoms with Crippen LogP contribution in [0.2, 0.25) is 0 Å². The average Bonchev–Trinajstić information content (AvgIpc) is 2.63.